The number of carbonyl (C=O) groups is 2. The number of aromatic nitrogens is 2. The van der Waals surface area contributed by atoms with Crippen LogP contribution in [0.4, 0.5) is 13.9 Å². The van der Waals surface area contributed by atoms with Crippen LogP contribution in [0.5, 0.6) is 0 Å². The number of thiazole rings is 1. The normalized spacial score (nSPS) is 11.5. The second-order valence-electron chi connectivity index (χ2n) is 7.14. The monoisotopic (exact) mass is 557 g/mol. The summed E-state index contributed by atoms with van der Waals surface area (Å²) in [7, 11) is -3.94. The average molecular weight is 558 g/mol. The number of rotatable bonds is 8. The molecule has 0 fully saturated rings. The van der Waals surface area contributed by atoms with Crippen LogP contribution in [0, 0.1) is 11.6 Å². The smallest absolute Gasteiger partial charge is 0.309 e. The molecule has 0 saturated carbocycles. The quantitative estimate of drug-likeness (QED) is 0.324. The molecule has 0 spiro atoms. The number of halogens is 3. The Labute approximate surface area is 210 Å². The SMILES string of the molecule is O=C(O)Cc1nc(NC(=O)c2cc(S(=O)(=O)c3cccs3)cn2Cc2ccc(F)c(F)c2)sc1Cl. The third-order valence-electron chi connectivity index (χ3n) is 4.70. The predicted molar refractivity (Wildman–Crippen MR) is 126 cm³/mol. The van der Waals surface area contributed by atoms with Crippen molar-refractivity contribution >= 4 is 61.1 Å². The summed E-state index contributed by atoms with van der Waals surface area (Å²) in [5.41, 5.74) is 0.253. The van der Waals surface area contributed by atoms with Gasteiger partial charge in [0.1, 0.15) is 14.2 Å². The molecule has 0 aliphatic heterocycles. The number of carboxylic acids is 1. The standard InChI is InChI=1S/C21H14ClF2N3O5S3/c22-19-15(8-17(28)29)25-21(34-19)26-20(30)16-7-12(35(31,32)18-2-1-5-33-18)10-27(16)9-11-3-4-13(23)14(24)6-11/h1-7,10H,8-9H2,(H,28,29)(H,25,26,30). The Morgan fingerprint density at radius 1 is 1.17 bits per heavy atom. The minimum Gasteiger partial charge on any atom is -0.481 e. The van der Waals surface area contributed by atoms with Crippen LogP contribution in [0.2, 0.25) is 4.34 Å². The van der Waals surface area contributed by atoms with Gasteiger partial charge in [-0.1, -0.05) is 35.1 Å². The third kappa shape index (κ3) is 5.42. The number of carboxylic acid groups (broad SMARTS) is 1. The van der Waals surface area contributed by atoms with E-state index in [1.54, 1.807) is 11.4 Å². The first-order valence-corrected chi connectivity index (χ1v) is 13.2. The number of carbonyl (C=O) groups excluding carboxylic acids is 1. The second kappa shape index (κ2) is 9.85. The summed E-state index contributed by atoms with van der Waals surface area (Å²) in [5.74, 6) is -4.04. The molecule has 3 heterocycles. The minimum absolute atomic E-state index is 0.0134. The van der Waals surface area contributed by atoms with Crippen molar-refractivity contribution in [3.8, 4) is 0 Å². The maximum absolute atomic E-state index is 13.7. The number of nitrogens with one attached hydrogen (secondary N) is 1. The van der Waals surface area contributed by atoms with Crippen LogP contribution in [0.25, 0.3) is 0 Å². The fourth-order valence-electron chi connectivity index (χ4n) is 3.12. The van der Waals surface area contributed by atoms with Crippen LogP contribution in [0.15, 0.2) is 57.1 Å². The van der Waals surface area contributed by atoms with Crippen molar-refractivity contribution < 1.29 is 31.9 Å². The molecule has 14 heteroatoms. The van der Waals surface area contributed by atoms with Gasteiger partial charge < -0.3 is 9.67 Å². The van der Waals surface area contributed by atoms with Gasteiger partial charge in [-0.15, -0.1) is 11.3 Å². The molecular formula is C21H14ClF2N3O5S3. The molecule has 2 N–H and O–H groups in total. The van der Waals surface area contributed by atoms with Crippen molar-refractivity contribution in [1.29, 1.82) is 0 Å². The minimum atomic E-state index is -3.94. The first-order chi connectivity index (χ1) is 16.5. The van der Waals surface area contributed by atoms with E-state index in [-0.39, 0.29) is 42.1 Å². The highest BCUT2D eigenvalue weighted by atomic mass is 35.5. The predicted octanol–water partition coefficient (Wildman–Crippen LogP) is 4.70. The van der Waals surface area contributed by atoms with Gasteiger partial charge in [0.2, 0.25) is 9.84 Å². The van der Waals surface area contributed by atoms with Gasteiger partial charge in [-0.25, -0.2) is 22.2 Å². The van der Waals surface area contributed by atoms with E-state index in [9.17, 15) is 26.8 Å². The number of hydrogen-bond donors (Lipinski definition) is 2. The summed E-state index contributed by atoms with van der Waals surface area (Å²) in [6.45, 7) is -0.136. The topological polar surface area (TPSA) is 118 Å². The number of amides is 1. The lowest BCUT2D eigenvalue weighted by Gasteiger charge is -2.09. The highest BCUT2D eigenvalue weighted by molar-refractivity contribution is 7.93. The van der Waals surface area contributed by atoms with Gasteiger partial charge in [-0.05, 0) is 35.2 Å². The van der Waals surface area contributed by atoms with Crippen molar-refractivity contribution in [2.45, 2.75) is 22.1 Å². The van der Waals surface area contributed by atoms with E-state index in [0.29, 0.717) is 0 Å². The van der Waals surface area contributed by atoms with Gasteiger partial charge >= 0.3 is 5.97 Å². The molecule has 4 aromatic rings. The molecule has 0 aliphatic carbocycles. The summed E-state index contributed by atoms with van der Waals surface area (Å²) in [4.78, 5) is 27.8. The molecule has 1 aromatic carbocycles. The molecule has 3 aromatic heterocycles. The first kappa shape index (κ1) is 25.0. The van der Waals surface area contributed by atoms with Crippen molar-refractivity contribution in [3.05, 3.63) is 80.9 Å². The first-order valence-electron chi connectivity index (χ1n) is 9.65. The van der Waals surface area contributed by atoms with E-state index in [4.69, 9.17) is 16.7 Å². The lowest BCUT2D eigenvalue weighted by Crippen LogP contribution is -2.17. The van der Waals surface area contributed by atoms with Gasteiger partial charge in [-0.2, -0.15) is 0 Å². The van der Waals surface area contributed by atoms with Crippen LogP contribution < -0.4 is 5.32 Å². The van der Waals surface area contributed by atoms with Gasteiger partial charge in [0.15, 0.2) is 16.8 Å². The van der Waals surface area contributed by atoms with E-state index in [2.05, 4.69) is 10.3 Å². The number of nitrogens with zero attached hydrogens (tertiary/aromatic N) is 2. The molecule has 0 aliphatic rings. The van der Waals surface area contributed by atoms with Gasteiger partial charge in [0.25, 0.3) is 5.91 Å². The molecule has 8 nitrogen and oxygen atoms in total. The lowest BCUT2D eigenvalue weighted by molar-refractivity contribution is -0.136. The Kier molecular flexibility index (Phi) is 7.03. The van der Waals surface area contributed by atoms with Crippen LogP contribution in [-0.2, 0) is 27.6 Å². The third-order valence-corrected chi connectivity index (χ3v) is 9.07. The maximum atomic E-state index is 13.7. The Morgan fingerprint density at radius 2 is 1.94 bits per heavy atom. The zero-order chi connectivity index (χ0) is 25.3. The molecule has 1 amide bonds. The molecule has 0 bridgehead atoms. The van der Waals surface area contributed by atoms with Gasteiger partial charge in [-0.3, -0.25) is 14.9 Å². The molecule has 0 atom stereocenters. The maximum Gasteiger partial charge on any atom is 0.309 e. The van der Waals surface area contributed by atoms with Gasteiger partial charge in [0.05, 0.1) is 17.0 Å². The van der Waals surface area contributed by atoms with Crippen LogP contribution >= 0.6 is 34.3 Å². The number of aliphatic carboxylic acids is 1. The molecule has 0 unspecified atom stereocenters. The van der Waals surface area contributed by atoms with Crippen molar-refractivity contribution in [2.75, 3.05) is 5.32 Å². The second-order valence-corrected chi connectivity index (χ2v) is 11.9. The number of anilines is 1. The fraction of sp³-hybridized carbons (Fsp3) is 0.0952. The van der Waals surface area contributed by atoms with Crippen molar-refractivity contribution in [1.82, 2.24) is 9.55 Å². The van der Waals surface area contributed by atoms with Crippen molar-refractivity contribution in [2.24, 2.45) is 0 Å². The Balaban J connectivity index is 1.71. The number of thiophene rings is 1. The summed E-state index contributed by atoms with van der Waals surface area (Å²) in [6, 6.07) is 7.35. The molecule has 0 saturated heterocycles. The van der Waals surface area contributed by atoms with E-state index >= 15 is 0 Å². The summed E-state index contributed by atoms with van der Waals surface area (Å²) < 4.78 is 54.5. The summed E-state index contributed by atoms with van der Waals surface area (Å²) in [5, 5.41) is 13.0. The van der Waals surface area contributed by atoms with E-state index < -0.39 is 39.8 Å². The fourth-order valence-corrected chi connectivity index (χ4v) is 6.59. The zero-order valence-electron chi connectivity index (χ0n) is 17.4. The Morgan fingerprint density at radius 3 is 2.60 bits per heavy atom. The van der Waals surface area contributed by atoms with Crippen LogP contribution in [-0.4, -0.2) is 35.0 Å². The van der Waals surface area contributed by atoms with E-state index in [0.717, 1.165) is 40.9 Å². The Hall–Kier alpha value is -3.13. The summed E-state index contributed by atoms with van der Waals surface area (Å²) >= 11 is 7.85. The highest BCUT2D eigenvalue weighted by Crippen LogP contribution is 2.30. The van der Waals surface area contributed by atoms with Gasteiger partial charge in [0, 0.05) is 12.7 Å². The van der Waals surface area contributed by atoms with E-state index in [1.165, 1.54) is 22.9 Å². The molecule has 0 radical (unpaired) electrons. The Bertz CT molecular complexity index is 1530. The van der Waals surface area contributed by atoms with E-state index in [1.807, 2.05) is 0 Å². The lowest BCUT2D eigenvalue weighted by atomic mass is 10.2. The van der Waals surface area contributed by atoms with Crippen LogP contribution in [0.1, 0.15) is 21.7 Å². The molecule has 35 heavy (non-hydrogen) atoms. The van der Waals surface area contributed by atoms with Crippen LogP contribution in [0.3, 0.4) is 0 Å². The summed E-state index contributed by atoms with van der Waals surface area (Å²) in [6.07, 6.45) is 0.789. The van der Waals surface area contributed by atoms with Crippen molar-refractivity contribution in [3.63, 3.8) is 0 Å². The zero-order valence-corrected chi connectivity index (χ0v) is 20.6. The largest absolute Gasteiger partial charge is 0.481 e. The number of sulfone groups is 1. The molecule has 182 valence electrons. The molecule has 4 rings (SSSR count). The number of hydrogen-bond acceptors (Lipinski definition) is 7. The average Bonchev–Trinajstić information content (AvgIpc) is 3.52. The highest BCUT2D eigenvalue weighted by Gasteiger charge is 2.25. The molecular weight excluding hydrogens is 544 g/mol. The number of benzene rings is 1.